The molecule has 2 aromatic carbocycles. The quantitative estimate of drug-likeness (QED) is 0.795. The van der Waals surface area contributed by atoms with E-state index in [1.807, 2.05) is 30.0 Å². The van der Waals surface area contributed by atoms with Crippen molar-refractivity contribution < 1.29 is 9.90 Å². The largest absolute Gasteiger partial charge is 0.396 e. The van der Waals surface area contributed by atoms with Gasteiger partial charge in [0.15, 0.2) is 0 Å². The Hall–Kier alpha value is -2.53. The molecule has 1 fully saturated rings. The highest BCUT2D eigenvalue weighted by molar-refractivity contribution is 5.74. The van der Waals surface area contributed by atoms with Gasteiger partial charge in [0.25, 0.3) is 0 Å². The van der Waals surface area contributed by atoms with Gasteiger partial charge in [-0.1, -0.05) is 44.2 Å². The van der Waals surface area contributed by atoms with Gasteiger partial charge in [-0.2, -0.15) is 0 Å². The van der Waals surface area contributed by atoms with E-state index in [2.05, 4.69) is 60.5 Å². The second-order valence-electron chi connectivity index (χ2n) is 8.00. The average molecular weight is 382 g/mol. The minimum atomic E-state index is -0.208. The Bertz CT molecular complexity index is 778. The molecule has 2 unspecified atom stereocenters. The predicted molar refractivity (Wildman–Crippen MR) is 114 cm³/mol. The first-order valence-corrected chi connectivity index (χ1v) is 10.0. The number of carbonyl (C=O) groups excluding carboxylic acids is 1. The average Bonchev–Trinajstić information content (AvgIpc) is 3.04. The number of urea groups is 1. The van der Waals surface area contributed by atoms with E-state index in [-0.39, 0.29) is 18.1 Å². The van der Waals surface area contributed by atoms with Crippen LogP contribution in [0.5, 0.6) is 0 Å². The molecule has 0 aliphatic carbocycles. The number of nitrogens with one attached hydrogen (secondary N) is 1. The van der Waals surface area contributed by atoms with Gasteiger partial charge in [0.2, 0.25) is 0 Å². The van der Waals surface area contributed by atoms with Gasteiger partial charge < -0.3 is 20.2 Å². The monoisotopic (exact) mass is 381 g/mol. The molecular weight excluding hydrogens is 350 g/mol. The number of para-hydroxylation sites is 1. The molecule has 1 aliphatic heterocycles. The van der Waals surface area contributed by atoms with Gasteiger partial charge >= 0.3 is 6.03 Å². The Labute approximate surface area is 168 Å². The highest BCUT2D eigenvalue weighted by atomic mass is 16.3. The lowest BCUT2D eigenvalue weighted by atomic mass is 9.82. The highest BCUT2D eigenvalue weighted by Crippen LogP contribution is 2.34. The van der Waals surface area contributed by atoms with Gasteiger partial charge in [-0.05, 0) is 42.7 Å². The number of amides is 2. The third-order valence-corrected chi connectivity index (χ3v) is 5.96. The molecule has 2 atom stereocenters. The molecule has 2 aromatic rings. The van der Waals surface area contributed by atoms with Gasteiger partial charge in [-0.25, -0.2) is 4.79 Å². The minimum absolute atomic E-state index is 0.0624. The second-order valence-corrected chi connectivity index (χ2v) is 8.00. The van der Waals surface area contributed by atoms with Crippen LogP contribution in [0.1, 0.15) is 26.3 Å². The zero-order valence-corrected chi connectivity index (χ0v) is 17.1. The fraction of sp³-hybridized carbons (Fsp3) is 0.435. The third kappa shape index (κ3) is 4.30. The first-order valence-electron chi connectivity index (χ1n) is 10.0. The number of hydrogen-bond donors (Lipinski definition) is 2. The maximum atomic E-state index is 12.5. The first-order chi connectivity index (χ1) is 13.5. The summed E-state index contributed by atoms with van der Waals surface area (Å²) in [6, 6.07) is 18.6. The molecule has 0 spiro atoms. The molecule has 1 saturated heterocycles. The number of likely N-dealkylation sites (tertiary alicyclic amines) is 1. The van der Waals surface area contributed by atoms with E-state index in [9.17, 15) is 9.90 Å². The lowest BCUT2D eigenvalue weighted by molar-refractivity contribution is 0.119. The Kier molecular flexibility index (Phi) is 6.25. The van der Waals surface area contributed by atoms with Crippen molar-refractivity contribution in [1.82, 2.24) is 10.2 Å². The zero-order valence-electron chi connectivity index (χ0n) is 17.1. The van der Waals surface area contributed by atoms with E-state index in [0.717, 1.165) is 17.8 Å². The van der Waals surface area contributed by atoms with Crippen molar-refractivity contribution >= 4 is 17.4 Å². The summed E-state index contributed by atoms with van der Waals surface area (Å²) < 4.78 is 0. The molecule has 0 radical (unpaired) electrons. The Morgan fingerprint density at radius 1 is 1.18 bits per heavy atom. The summed E-state index contributed by atoms with van der Waals surface area (Å²) >= 11 is 0. The van der Waals surface area contributed by atoms with Crippen molar-refractivity contribution in [3.8, 4) is 0 Å². The van der Waals surface area contributed by atoms with Crippen LogP contribution in [-0.4, -0.2) is 42.3 Å². The number of carbonyl (C=O) groups is 1. The molecule has 3 rings (SSSR count). The van der Waals surface area contributed by atoms with Crippen LogP contribution in [0.3, 0.4) is 0 Å². The summed E-state index contributed by atoms with van der Waals surface area (Å²) in [4.78, 5) is 16.6. The topological polar surface area (TPSA) is 55.8 Å². The zero-order chi connectivity index (χ0) is 20.1. The van der Waals surface area contributed by atoms with Gasteiger partial charge in [-0.3, -0.25) is 0 Å². The number of aliphatic hydroxyl groups is 1. The third-order valence-electron chi connectivity index (χ3n) is 5.96. The molecule has 0 bridgehead atoms. The number of anilines is 2. The molecule has 2 amide bonds. The molecule has 2 N–H and O–H groups in total. The normalized spacial score (nSPS) is 21.6. The molecule has 0 saturated carbocycles. The summed E-state index contributed by atoms with van der Waals surface area (Å²) in [7, 11) is 0. The Morgan fingerprint density at radius 2 is 1.82 bits per heavy atom. The molecule has 150 valence electrons. The molecule has 1 aliphatic rings. The van der Waals surface area contributed by atoms with Crippen molar-refractivity contribution in [2.24, 2.45) is 11.3 Å². The first kappa shape index (κ1) is 20.2. The standard InChI is InChI=1S/C23H31N3O2/c1-4-26(20-8-6-5-7-9-20)21-12-10-19(11-13-21)14-24-22(28)25-15-18(2)23(3,16-25)17-27/h5-13,18,27H,4,14-17H2,1-3H3,(H,24,28). The van der Waals surface area contributed by atoms with E-state index in [4.69, 9.17) is 0 Å². The van der Waals surface area contributed by atoms with Gasteiger partial charge in [0.1, 0.15) is 0 Å². The van der Waals surface area contributed by atoms with Crippen LogP contribution in [0.2, 0.25) is 0 Å². The maximum absolute atomic E-state index is 12.5. The van der Waals surface area contributed by atoms with Gasteiger partial charge in [-0.15, -0.1) is 0 Å². The fourth-order valence-electron chi connectivity index (χ4n) is 3.77. The molecule has 5 heteroatoms. The number of rotatable bonds is 6. The van der Waals surface area contributed by atoms with Crippen molar-refractivity contribution in [2.45, 2.75) is 27.3 Å². The van der Waals surface area contributed by atoms with E-state index in [0.29, 0.717) is 25.6 Å². The van der Waals surface area contributed by atoms with E-state index < -0.39 is 0 Å². The van der Waals surface area contributed by atoms with E-state index in [1.165, 1.54) is 5.69 Å². The van der Waals surface area contributed by atoms with Crippen LogP contribution in [0.15, 0.2) is 54.6 Å². The fourth-order valence-corrected chi connectivity index (χ4v) is 3.77. The molecule has 5 nitrogen and oxygen atoms in total. The SMILES string of the molecule is CCN(c1ccccc1)c1ccc(CNC(=O)N2CC(C)C(C)(CO)C2)cc1. The summed E-state index contributed by atoms with van der Waals surface area (Å²) in [5.74, 6) is 0.292. The number of aliphatic hydroxyl groups excluding tert-OH is 1. The van der Waals surface area contributed by atoms with Crippen LogP contribution in [0.25, 0.3) is 0 Å². The van der Waals surface area contributed by atoms with Crippen LogP contribution >= 0.6 is 0 Å². The Morgan fingerprint density at radius 3 is 2.39 bits per heavy atom. The van der Waals surface area contributed by atoms with Gasteiger partial charge in [0, 0.05) is 43.0 Å². The summed E-state index contributed by atoms with van der Waals surface area (Å²) in [6.45, 7) is 9.04. The van der Waals surface area contributed by atoms with Crippen LogP contribution < -0.4 is 10.2 Å². The maximum Gasteiger partial charge on any atom is 0.317 e. The van der Waals surface area contributed by atoms with E-state index >= 15 is 0 Å². The number of nitrogens with zero attached hydrogens (tertiary/aromatic N) is 2. The second kappa shape index (κ2) is 8.65. The summed E-state index contributed by atoms with van der Waals surface area (Å²) in [5.41, 5.74) is 3.16. The number of hydrogen-bond acceptors (Lipinski definition) is 3. The minimum Gasteiger partial charge on any atom is -0.396 e. The van der Waals surface area contributed by atoms with E-state index in [1.54, 1.807) is 0 Å². The molecule has 28 heavy (non-hydrogen) atoms. The van der Waals surface area contributed by atoms with Crippen LogP contribution in [0, 0.1) is 11.3 Å². The lowest BCUT2D eigenvalue weighted by Gasteiger charge is -2.25. The van der Waals surface area contributed by atoms with Crippen LogP contribution in [-0.2, 0) is 6.54 Å². The molecule has 1 heterocycles. The highest BCUT2D eigenvalue weighted by Gasteiger charge is 2.41. The molecule has 0 aromatic heterocycles. The number of benzene rings is 2. The van der Waals surface area contributed by atoms with Crippen molar-refractivity contribution in [2.75, 3.05) is 31.1 Å². The summed E-state index contributed by atoms with van der Waals surface area (Å²) in [6.07, 6.45) is 0. The van der Waals surface area contributed by atoms with Crippen molar-refractivity contribution in [3.63, 3.8) is 0 Å². The Balaban J connectivity index is 1.58. The lowest BCUT2D eigenvalue weighted by Crippen LogP contribution is -2.39. The molecular formula is C23H31N3O2. The predicted octanol–water partition coefficient (Wildman–Crippen LogP) is 4.00. The van der Waals surface area contributed by atoms with Gasteiger partial charge in [0.05, 0.1) is 6.61 Å². The summed E-state index contributed by atoms with van der Waals surface area (Å²) in [5, 5.41) is 12.6. The smallest absolute Gasteiger partial charge is 0.317 e. The van der Waals surface area contributed by atoms with Crippen LogP contribution in [0.4, 0.5) is 16.2 Å². The van der Waals surface area contributed by atoms with Crippen molar-refractivity contribution in [3.05, 3.63) is 60.2 Å². The van der Waals surface area contributed by atoms with Crippen molar-refractivity contribution in [1.29, 1.82) is 0 Å².